The van der Waals surface area contributed by atoms with E-state index in [1.54, 1.807) is 0 Å². The van der Waals surface area contributed by atoms with E-state index < -0.39 is 0 Å². The third-order valence-electron chi connectivity index (χ3n) is 4.01. The Hall–Kier alpha value is -2.27. The Morgan fingerprint density at radius 3 is 1.36 bits per heavy atom. The molecule has 4 rings (SSSR count). The maximum atomic E-state index is 9.72. The van der Waals surface area contributed by atoms with E-state index >= 15 is 0 Å². The van der Waals surface area contributed by atoms with Crippen LogP contribution in [0.5, 0.6) is 0 Å². The number of para-hydroxylation sites is 2. The first-order valence-electron chi connectivity index (χ1n) is 9.43. The average molecular weight is 558 g/mol. The van der Waals surface area contributed by atoms with E-state index in [1.807, 2.05) is 83.6 Å². The van der Waals surface area contributed by atoms with E-state index in [0.29, 0.717) is 0 Å². The van der Waals surface area contributed by atoms with Gasteiger partial charge < -0.3 is 0 Å². The van der Waals surface area contributed by atoms with Crippen LogP contribution in [0.1, 0.15) is 9.75 Å². The molecule has 2 aromatic carbocycles. The number of thiophene rings is 2. The van der Waals surface area contributed by atoms with Crippen molar-refractivity contribution in [2.75, 3.05) is 0 Å². The van der Waals surface area contributed by atoms with Gasteiger partial charge in [0.25, 0.3) is 0 Å². The molecule has 0 aliphatic rings. The molecule has 2 N–H and O–H groups in total. The molecule has 1 radical (unpaired) electrons. The largest absolute Gasteiger partial charge is 2.00 e. The van der Waals surface area contributed by atoms with Crippen molar-refractivity contribution in [3.8, 4) is 0 Å². The summed E-state index contributed by atoms with van der Waals surface area (Å²) >= 11 is 9.85. The first-order valence-corrected chi connectivity index (χ1v) is 12.2. The van der Waals surface area contributed by atoms with Gasteiger partial charge in [0.15, 0.2) is 9.79 Å². The quantitative estimate of drug-likeness (QED) is 0.185. The van der Waals surface area contributed by atoms with Gasteiger partial charge in [-0.2, -0.15) is 0 Å². The Morgan fingerprint density at radius 2 is 1.03 bits per heavy atom. The van der Waals surface area contributed by atoms with E-state index in [-0.39, 0.29) is 28.3 Å². The van der Waals surface area contributed by atoms with Crippen LogP contribution < -0.4 is 0 Å². The molecule has 0 saturated heterocycles. The van der Waals surface area contributed by atoms with E-state index in [9.17, 15) is 9.59 Å². The van der Waals surface area contributed by atoms with Crippen LogP contribution in [0.3, 0.4) is 0 Å². The Balaban J connectivity index is 0.000000227. The summed E-state index contributed by atoms with van der Waals surface area (Å²) in [5.74, 6) is 0.370. The van der Waals surface area contributed by atoms with E-state index in [1.165, 1.54) is 35.1 Å². The number of hydrogen-bond donors (Lipinski definition) is 0. The van der Waals surface area contributed by atoms with E-state index in [0.717, 1.165) is 30.9 Å². The van der Waals surface area contributed by atoms with Gasteiger partial charge in [-0.3, -0.25) is 9.59 Å². The minimum absolute atomic E-state index is 0. The van der Waals surface area contributed by atoms with Gasteiger partial charge in [-0.1, -0.05) is 36.4 Å². The SMILES string of the molecule is [Co+2].[OH+]=C(C=Nc1ccccc1[SH2+])c1cccs1.[OH+]=C(C=Nc1ccccc1[SH2+])c1cccs1. The number of rotatable bonds is 6. The molecule has 0 aliphatic carbocycles. The first kappa shape index (κ1) is 27.0. The molecule has 0 unspecified atom stereocenters. The molecular formula is C24H22CoN2O2S4+6. The van der Waals surface area contributed by atoms with Crippen molar-refractivity contribution in [3.05, 3.63) is 93.3 Å². The van der Waals surface area contributed by atoms with Crippen LogP contribution in [0, 0.1) is 0 Å². The summed E-state index contributed by atoms with van der Waals surface area (Å²) in [7, 11) is 0. The first-order chi connectivity index (χ1) is 15.5. The summed E-state index contributed by atoms with van der Waals surface area (Å²) in [6, 6.07) is 22.7. The minimum atomic E-state index is 0. The van der Waals surface area contributed by atoms with Gasteiger partial charge in [0.2, 0.25) is 0 Å². The van der Waals surface area contributed by atoms with Gasteiger partial charge in [-0.25, -0.2) is 9.98 Å². The Labute approximate surface area is 221 Å². The maximum absolute atomic E-state index is 9.72. The van der Waals surface area contributed by atoms with Gasteiger partial charge in [0.05, 0.1) is 0 Å². The zero-order chi connectivity index (χ0) is 22.8. The Bertz CT molecular complexity index is 1140. The summed E-state index contributed by atoms with van der Waals surface area (Å²) < 4.78 is 0. The maximum Gasteiger partial charge on any atom is 2.00 e. The van der Waals surface area contributed by atoms with Crippen molar-refractivity contribution in [2.45, 2.75) is 9.79 Å². The molecule has 0 amide bonds. The standard InChI is InChI=1S/2C12H9NOS2.Co/c2*14-10(12-6-3-7-16-12)8-13-9-4-1-2-5-11(9)15;/h2*1-8,15H;/q;;+2/p+4. The van der Waals surface area contributed by atoms with Crippen molar-refractivity contribution in [3.63, 3.8) is 0 Å². The van der Waals surface area contributed by atoms with Crippen LogP contribution in [-0.2, 0) is 42.0 Å². The summed E-state index contributed by atoms with van der Waals surface area (Å²) in [6.45, 7) is 0. The second-order valence-corrected chi connectivity index (χ2v) is 9.25. The van der Waals surface area contributed by atoms with Gasteiger partial charge in [0.1, 0.15) is 33.6 Å². The molecular weight excluding hydrogens is 535 g/mol. The van der Waals surface area contributed by atoms with Gasteiger partial charge in [-0.05, 0) is 72.4 Å². The van der Waals surface area contributed by atoms with Crippen molar-refractivity contribution in [1.82, 2.24) is 0 Å². The molecule has 4 aromatic rings. The number of hydrogen-bond acceptors (Lipinski definition) is 4. The third kappa shape index (κ3) is 8.54. The van der Waals surface area contributed by atoms with Crippen LogP contribution in [0.25, 0.3) is 0 Å². The fourth-order valence-electron chi connectivity index (χ4n) is 2.41. The fourth-order valence-corrected chi connectivity index (χ4v) is 4.17. The molecule has 0 aliphatic heterocycles. The molecule has 167 valence electrons. The van der Waals surface area contributed by atoms with Crippen molar-refractivity contribution < 1.29 is 26.4 Å². The molecule has 33 heavy (non-hydrogen) atoms. The summed E-state index contributed by atoms with van der Waals surface area (Å²) in [6.07, 6.45) is 2.93. The molecule has 9 heteroatoms. The van der Waals surface area contributed by atoms with Gasteiger partial charge in [0, 0.05) is 0 Å². The molecule has 0 atom stereocenters. The molecule has 0 saturated carbocycles. The summed E-state index contributed by atoms with van der Waals surface area (Å²) in [4.78, 5) is 31.3. The fraction of sp³-hybridized carbons (Fsp3) is 0. The second kappa shape index (κ2) is 14.1. The zero-order valence-corrected chi connectivity index (χ0v) is 21.9. The number of ketones is 2. The predicted molar refractivity (Wildman–Crippen MR) is 147 cm³/mol. The predicted octanol–water partition coefficient (Wildman–Crippen LogP) is 4.83. The third-order valence-corrected chi connectivity index (χ3v) is 6.64. The van der Waals surface area contributed by atoms with Crippen LogP contribution in [0.2, 0.25) is 0 Å². The Kier molecular flexibility index (Phi) is 11.5. The Morgan fingerprint density at radius 1 is 0.636 bits per heavy atom. The normalized spacial score (nSPS) is 10.5. The molecule has 2 heterocycles. The average Bonchev–Trinajstić information content (AvgIpc) is 3.53. The second-order valence-electron chi connectivity index (χ2n) is 6.28. The van der Waals surface area contributed by atoms with Crippen molar-refractivity contribution >= 4 is 83.3 Å². The smallest absolute Gasteiger partial charge is 0.271 e. The molecule has 0 spiro atoms. The van der Waals surface area contributed by atoms with Crippen molar-refractivity contribution in [1.29, 1.82) is 0 Å². The van der Waals surface area contributed by atoms with Crippen LogP contribution in [0.4, 0.5) is 11.4 Å². The minimum Gasteiger partial charge on any atom is -0.271 e. The van der Waals surface area contributed by atoms with Gasteiger partial charge >= 0.3 is 28.3 Å². The number of carbonyl (C=O) groups excluding carboxylic acids is 2. The van der Waals surface area contributed by atoms with E-state index in [2.05, 4.69) is 35.2 Å². The monoisotopic (exact) mass is 557 g/mol. The van der Waals surface area contributed by atoms with Crippen molar-refractivity contribution in [2.24, 2.45) is 9.98 Å². The van der Waals surface area contributed by atoms with Crippen LogP contribution >= 0.6 is 22.7 Å². The number of benzene rings is 2. The van der Waals surface area contributed by atoms with Crippen LogP contribution in [0.15, 0.2) is 103 Å². The van der Waals surface area contributed by atoms with E-state index in [4.69, 9.17) is 0 Å². The molecule has 0 bridgehead atoms. The topological polar surface area (TPSA) is 67.5 Å². The van der Waals surface area contributed by atoms with Gasteiger partial charge in [-0.15, -0.1) is 22.7 Å². The van der Waals surface area contributed by atoms with Crippen LogP contribution in [-0.4, -0.2) is 33.6 Å². The zero-order valence-electron chi connectivity index (χ0n) is 17.2. The number of aliphatic imine (C=N–C) groups is 2. The summed E-state index contributed by atoms with van der Waals surface area (Å²) in [5, 5.41) is 3.83. The summed E-state index contributed by atoms with van der Waals surface area (Å²) in [5.41, 5.74) is 1.59. The number of nitrogens with zero attached hydrogens (tertiary/aromatic N) is 2. The molecule has 2 aromatic heterocycles. The molecule has 0 fully saturated rings. The molecule has 4 nitrogen and oxygen atoms in total.